The first-order chi connectivity index (χ1) is 8.88. The molecule has 3 nitrogen and oxygen atoms in total. The minimum absolute atomic E-state index is 0.546. The van der Waals surface area contributed by atoms with Crippen LogP contribution in [-0.4, -0.2) is 49.8 Å². The van der Waals surface area contributed by atoms with E-state index in [0.29, 0.717) is 12.1 Å². The van der Waals surface area contributed by atoms with E-state index >= 15 is 0 Å². The fourth-order valence-electron chi connectivity index (χ4n) is 2.97. The van der Waals surface area contributed by atoms with Crippen LogP contribution in [-0.2, 0) is 4.74 Å². The first-order valence-corrected chi connectivity index (χ1v) is 7.39. The Bertz CT molecular complexity index is 260. The van der Waals surface area contributed by atoms with Crippen molar-refractivity contribution >= 4 is 0 Å². The second-order valence-electron chi connectivity index (χ2n) is 5.49. The predicted molar refractivity (Wildman–Crippen MR) is 74.5 cm³/mol. The summed E-state index contributed by atoms with van der Waals surface area (Å²) in [5, 5.41) is 3.60. The van der Waals surface area contributed by atoms with E-state index in [1.165, 1.54) is 38.5 Å². The van der Waals surface area contributed by atoms with Crippen LogP contribution in [0.25, 0.3) is 0 Å². The summed E-state index contributed by atoms with van der Waals surface area (Å²) in [7, 11) is 0. The number of terminal acetylenes is 1. The van der Waals surface area contributed by atoms with Gasteiger partial charge in [0.15, 0.2) is 0 Å². The average molecular weight is 250 g/mol. The lowest BCUT2D eigenvalue weighted by atomic mass is 10.1. The summed E-state index contributed by atoms with van der Waals surface area (Å²) in [5.41, 5.74) is 0. The molecule has 0 aromatic rings. The van der Waals surface area contributed by atoms with E-state index in [0.717, 1.165) is 32.8 Å². The van der Waals surface area contributed by atoms with Crippen molar-refractivity contribution in [2.24, 2.45) is 0 Å². The van der Waals surface area contributed by atoms with Gasteiger partial charge in [0.1, 0.15) is 0 Å². The van der Waals surface area contributed by atoms with Gasteiger partial charge in [-0.3, -0.25) is 4.90 Å². The Morgan fingerprint density at radius 3 is 2.56 bits per heavy atom. The van der Waals surface area contributed by atoms with Crippen molar-refractivity contribution in [3.63, 3.8) is 0 Å². The van der Waals surface area contributed by atoms with E-state index in [9.17, 15) is 0 Å². The highest BCUT2D eigenvalue weighted by Gasteiger charge is 2.18. The fraction of sp³-hybridized carbons (Fsp3) is 0.867. The van der Waals surface area contributed by atoms with Gasteiger partial charge in [-0.1, -0.05) is 18.8 Å². The second-order valence-corrected chi connectivity index (χ2v) is 5.49. The summed E-state index contributed by atoms with van der Waals surface area (Å²) in [6.07, 6.45) is 13.5. The minimum Gasteiger partial charge on any atom is -0.377 e. The molecule has 1 aliphatic heterocycles. The zero-order chi connectivity index (χ0) is 12.6. The number of hydrogen-bond donors (Lipinski definition) is 1. The molecule has 3 heteroatoms. The Kier molecular flexibility index (Phi) is 5.99. The monoisotopic (exact) mass is 250 g/mol. The second kappa shape index (κ2) is 7.78. The maximum atomic E-state index is 5.85. The third-order valence-corrected chi connectivity index (χ3v) is 4.09. The fourth-order valence-corrected chi connectivity index (χ4v) is 2.97. The molecule has 2 aliphatic rings. The molecule has 0 aromatic heterocycles. The van der Waals surface area contributed by atoms with Crippen molar-refractivity contribution in [1.82, 2.24) is 10.2 Å². The smallest absolute Gasteiger partial charge is 0.0598 e. The Labute approximate surface area is 111 Å². The van der Waals surface area contributed by atoms with Crippen LogP contribution in [0.2, 0.25) is 0 Å². The van der Waals surface area contributed by atoms with Crippen LogP contribution in [0.15, 0.2) is 0 Å². The van der Waals surface area contributed by atoms with Gasteiger partial charge in [-0.15, -0.1) is 6.42 Å². The molecule has 0 unspecified atom stereocenters. The lowest BCUT2D eigenvalue weighted by Gasteiger charge is -2.31. The molecule has 18 heavy (non-hydrogen) atoms. The van der Waals surface area contributed by atoms with E-state index in [1.807, 2.05) is 0 Å². The highest BCUT2D eigenvalue weighted by Crippen LogP contribution is 2.20. The molecule has 1 N–H and O–H groups in total. The van der Waals surface area contributed by atoms with Crippen molar-refractivity contribution in [3.8, 4) is 12.3 Å². The lowest BCUT2D eigenvalue weighted by molar-refractivity contribution is 0.0577. The van der Waals surface area contributed by atoms with Crippen LogP contribution in [0.1, 0.15) is 38.5 Å². The predicted octanol–water partition coefficient (Wildman–Crippen LogP) is 1.63. The Morgan fingerprint density at radius 1 is 1.17 bits per heavy atom. The zero-order valence-electron chi connectivity index (χ0n) is 11.4. The molecule has 0 bridgehead atoms. The maximum absolute atomic E-state index is 5.85. The van der Waals surface area contributed by atoms with Crippen molar-refractivity contribution in [2.45, 2.75) is 50.7 Å². The first-order valence-electron chi connectivity index (χ1n) is 7.39. The summed E-state index contributed by atoms with van der Waals surface area (Å²) in [4.78, 5) is 2.35. The third kappa shape index (κ3) is 4.61. The summed E-state index contributed by atoms with van der Waals surface area (Å²) in [6.45, 7) is 4.93. The standard InChI is InChI=1S/C15H26N2O/c1-2-10-17-11-7-14(8-12-17)16-9-13-18-15-5-3-4-6-15/h1,14-16H,3-13H2. The highest BCUT2D eigenvalue weighted by atomic mass is 16.5. The molecule has 0 spiro atoms. The van der Waals surface area contributed by atoms with Gasteiger partial charge in [-0.25, -0.2) is 0 Å². The van der Waals surface area contributed by atoms with Gasteiger partial charge in [0.2, 0.25) is 0 Å². The largest absolute Gasteiger partial charge is 0.377 e. The van der Waals surface area contributed by atoms with Crippen LogP contribution >= 0.6 is 0 Å². The maximum Gasteiger partial charge on any atom is 0.0598 e. The van der Waals surface area contributed by atoms with Crippen LogP contribution in [0, 0.1) is 12.3 Å². The molecule has 1 aliphatic carbocycles. The summed E-state index contributed by atoms with van der Waals surface area (Å²) < 4.78 is 5.85. The van der Waals surface area contributed by atoms with Gasteiger partial charge in [-0.05, 0) is 25.7 Å². The summed E-state index contributed by atoms with van der Waals surface area (Å²) >= 11 is 0. The number of nitrogens with zero attached hydrogens (tertiary/aromatic N) is 1. The Morgan fingerprint density at radius 2 is 1.89 bits per heavy atom. The topological polar surface area (TPSA) is 24.5 Å². The SMILES string of the molecule is C#CCN1CCC(NCCOC2CCCC2)CC1. The van der Waals surface area contributed by atoms with Gasteiger partial charge in [0, 0.05) is 25.7 Å². The van der Waals surface area contributed by atoms with E-state index in [-0.39, 0.29) is 0 Å². The highest BCUT2D eigenvalue weighted by molar-refractivity contribution is 4.90. The molecule has 2 rings (SSSR count). The van der Waals surface area contributed by atoms with Gasteiger partial charge in [0.25, 0.3) is 0 Å². The summed E-state index contributed by atoms with van der Waals surface area (Å²) in [5.74, 6) is 2.72. The Hall–Kier alpha value is -0.560. The molecule has 0 amide bonds. The minimum atomic E-state index is 0.546. The molecule has 102 valence electrons. The van der Waals surface area contributed by atoms with Crippen LogP contribution < -0.4 is 5.32 Å². The molecular formula is C15H26N2O. The number of rotatable bonds is 6. The van der Waals surface area contributed by atoms with Gasteiger partial charge >= 0.3 is 0 Å². The zero-order valence-corrected chi connectivity index (χ0v) is 11.4. The van der Waals surface area contributed by atoms with Crippen molar-refractivity contribution < 1.29 is 4.74 Å². The average Bonchev–Trinajstić information content (AvgIpc) is 2.90. The van der Waals surface area contributed by atoms with Gasteiger partial charge in [0.05, 0.1) is 19.3 Å². The van der Waals surface area contributed by atoms with Crippen molar-refractivity contribution in [1.29, 1.82) is 0 Å². The van der Waals surface area contributed by atoms with E-state index in [4.69, 9.17) is 11.2 Å². The van der Waals surface area contributed by atoms with Crippen LogP contribution in [0.3, 0.4) is 0 Å². The normalized spacial score (nSPS) is 23.3. The first kappa shape index (κ1) is 13.9. The number of hydrogen-bond acceptors (Lipinski definition) is 3. The van der Waals surface area contributed by atoms with E-state index in [1.54, 1.807) is 0 Å². The molecule has 0 radical (unpaired) electrons. The quantitative estimate of drug-likeness (QED) is 0.573. The molecule has 1 saturated carbocycles. The third-order valence-electron chi connectivity index (χ3n) is 4.09. The molecule has 1 saturated heterocycles. The lowest BCUT2D eigenvalue weighted by Crippen LogP contribution is -2.43. The molecule has 1 heterocycles. The van der Waals surface area contributed by atoms with Crippen molar-refractivity contribution in [2.75, 3.05) is 32.8 Å². The number of piperidine rings is 1. The Balaban J connectivity index is 1.49. The summed E-state index contributed by atoms with van der Waals surface area (Å²) in [6, 6.07) is 0.659. The van der Waals surface area contributed by atoms with E-state index < -0.39 is 0 Å². The molecule has 2 fully saturated rings. The van der Waals surface area contributed by atoms with Crippen LogP contribution in [0.4, 0.5) is 0 Å². The van der Waals surface area contributed by atoms with Gasteiger partial charge < -0.3 is 10.1 Å². The molecule has 0 aromatic carbocycles. The molecular weight excluding hydrogens is 224 g/mol. The van der Waals surface area contributed by atoms with Gasteiger partial charge in [-0.2, -0.15) is 0 Å². The number of likely N-dealkylation sites (tertiary alicyclic amines) is 1. The molecule has 0 atom stereocenters. The van der Waals surface area contributed by atoms with E-state index in [2.05, 4.69) is 16.1 Å². The number of ether oxygens (including phenoxy) is 1. The van der Waals surface area contributed by atoms with Crippen molar-refractivity contribution in [3.05, 3.63) is 0 Å². The van der Waals surface area contributed by atoms with Crippen LogP contribution in [0.5, 0.6) is 0 Å². The number of nitrogens with one attached hydrogen (secondary N) is 1.